The maximum Gasteiger partial charge on any atom is 0.118 e. The largest absolute Gasteiger partial charge is 0.497 e. The van der Waals surface area contributed by atoms with E-state index in [1.165, 1.54) is 27.7 Å². The maximum atomic E-state index is 5.24. The third kappa shape index (κ3) is 3.26. The summed E-state index contributed by atoms with van der Waals surface area (Å²) in [6.07, 6.45) is 2.63. The minimum atomic E-state index is 0.404. The molecule has 0 bridgehead atoms. The Balaban J connectivity index is 1.79. The summed E-state index contributed by atoms with van der Waals surface area (Å²) >= 11 is 2.33. The van der Waals surface area contributed by atoms with Gasteiger partial charge in [-0.15, -0.1) is 0 Å². The van der Waals surface area contributed by atoms with Gasteiger partial charge in [0.1, 0.15) is 5.75 Å². The predicted octanol–water partition coefficient (Wildman–Crippen LogP) is 4.86. The van der Waals surface area contributed by atoms with Crippen LogP contribution in [0.15, 0.2) is 48.5 Å². The highest BCUT2D eigenvalue weighted by Crippen LogP contribution is 2.43. The van der Waals surface area contributed by atoms with Crippen molar-refractivity contribution in [3.05, 3.63) is 57.7 Å². The Morgan fingerprint density at radius 3 is 2.25 bits per heavy atom. The monoisotopic (exact) mass is 379 g/mol. The van der Waals surface area contributed by atoms with Crippen LogP contribution in [0, 0.1) is 9.49 Å². The van der Waals surface area contributed by atoms with E-state index in [1.807, 2.05) is 12.1 Å². The Morgan fingerprint density at radius 1 is 1.05 bits per heavy atom. The lowest BCUT2D eigenvalue weighted by atomic mass is 10.0. The summed E-state index contributed by atoms with van der Waals surface area (Å²) in [7, 11) is 1.71. The first kappa shape index (κ1) is 13.7. The lowest BCUT2D eigenvalue weighted by Crippen LogP contribution is -2.12. The summed E-state index contributed by atoms with van der Waals surface area (Å²) in [6, 6.07) is 17.4. The lowest BCUT2D eigenvalue weighted by molar-refractivity contribution is 0.414. The Kier molecular flexibility index (Phi) is 4.15. The molecule has 0 radical (unpaired) electrons. The summed E-state index contributed by atoms with van der Waals surface area (Å²) in [6.45, 7) is 0. The Labute approximate surface area is 133 Å². The van der Waals surface area contributed by atoms with Crippen LogP contribution >= 0.6 is 22.6 Å². The fourth-order valence-corrected chi connectivity index (χ4v) is 2.80. The molecular weight excluding hydrogens is 361 g/mol. The number of anilines is 1. The fraction of sp³-hybridized carbons (Fsp3) is 0.294. The fourth-order valence-electron chi connectivity index (χ4n) is 2.44. The molecule has 1 saturated carbocycles. The summed E-state index contributed by atoms with van der Waals surface area (Å²) < 4.78 is 6.50. The SMILES string of the molecule is COc1ccc(C(Nc2ccc(I)cc2)C2CC2)cc1. The standard InChI is InChI=1S/C17H18INO/c1-20-16-10-4-13(5-11-16)17(12-2-3-12)19-15-8-6-14(18)7-9-15/h4-12,17,19H,2-3H2,1H3. The van der Waals surface area contributed by atoms with Gasteiger partial charge >= 0.3 is 0 Å². The van der Waals surface area contributed by atoms with E-state index in [0.717, 1.165) is 11.7 Å². The third-order valence-corrected chi connectivity index (χ3v) is 4.45. The summed E-state index contributed by atoms with van der Waals surface area (Å²) in [5.74, 6) is 1.67. The van der Waals surface area contributed by atoms with Gasteiger partial charge in [0.15, 0.2) is 0 Å². The molecule has 0 aliphatic heterocycles. The average molecular weight is 379 g/mol. The Bertz CT molecular complexity index is 561. The number of halogens is 1. The van der Waals surface area contributed by atoms with E-state index in [4.69, 9.17) is 4.74 Å². The predicted molar refractivity (Wildman–Crippen MR) is 91.2 cm³/mol. The van der Waals surface area contributed by atoms with Gasteiger partial charge in [-0.3, -0.25) is 0 Å². The second kappa shape index (κ2) is 6.04. The van der Waals surface area contributed by atoms with Crippen LogP contribution in [0.4, 0.5) is 5.69 Å². The molecule has 1 unspecified atom stereocenters. The molecule has 1 fully saturated rings. The molecule has 2 aromatic carbocycles. The van der Waals surface area contributed by atoms with Crippen LogP contribution in [0.3, 0.4) is 0 Å². The lowest BCUT2D eigenvalue weighted by Gasteiger charge is -2.20. The highest BCUT2D eigenvalue weighted by atomic mass is 127. The van der Waals surface area contributed by atoms with Gasteiger partial charge in [-0.25, -0.2) is 0 Å². The van der Waals surface area contributed by atoms with E-state index in [9.17, 15) is 0 Å². The topological polar surface area (TPSA) is 21.3 Å². The van der Waals surface area contributed by atoms with Crippen molar-refractivity contribution >= 4 is 28.3 Å². The Hall–Kier alpha value is -1.23. The Morgan fingerprint density at radius 2 is 1.70 bits per heavy atom. The zero-order valence-electron chi connectivity index (χ0n) is 11.5. The second-order valence-electron chi connectivity index (χ2n) is 5.24. The molecule has 0 amide bonds. The van der Waals surface area contributed by atoms with Crippen molar-refractivity contribution < 1.29 is 4.74 Å². The highest BCUT2D eigenvalue weighted by molar-refractivity contribution is 14.1. The molecule has 3 rings (SSSR count). The zero-order valence-corrected chi connectivity index (χ0v) is 13.6. The number of nitrogens with one attached hydrogen (secondary N) is 1. The van der Waals surface area contributed by atoms with Gasteiger partial charge in [0.05, 0.1) is 13.2 Å². The maximum absolute atomic E-state index is 5.24. The van der Waals surface area contributed by atoms with Crippen LogP contribution in [-0.2, 0) is 0 Å². The van der Waals surface area contributed by atoms with Gasteiger partial charge in [-0.2, -0.15) is 0 Å². The molecule has 2 nitrogen and oxygen atoms in total. The van der Waals surface area contributed by atoms with Crippen LogP contribution in [0.2, 0.25) is 0 Å². The first-order chi connectivity index (χ1) is 9.76. The molecule has 0 aromatic heterocycles. The number of rotatable bonds is 5. The van der Waals surface area contributed by atoms with Gasteiger partial charge < -0.3 is 10.1 Å². The molecule has 0 spiro atoms. The van der Waals surface area contributed by atoms with E-state index in [1.54, 1.807) is 7.11 Å². The van der Waals surface area contributed by atoms with Crippen molar-refractivity contribution in [3.8, 4) is 5.75 Å². The number of benzene rings is 2. The van der Waals surface area contributed by atoms with Crippen LogP contribution in [0.5, 0.6) is 5.75 Å². The molecule has 3 heteroatoms. The van der Waals surface area contributed by atoms with Crippen LogP contribution in [0.1, 0.15) is 24.4 Å². The zero-order chi connectivity index (χ0) is 13.9. The molecule has 1 N–H and O–H groups in total. The summed E-state index contributed by atoms with van der Waals surface area (Å²) in [5.41, 5.74) is 2.53. The van der Waals surface area contributed by atoms with E-state index >= 15 is 0 Å². The van der Waals surface area contributed by atoms with Gasteiger partial charge in [0.2, 0.25) is 0 Å². The summed E-state index contributed by atoms with van der Waals surface area (Å²) in [5, 5.41) is 3.68. The highest BCUT2D eigenvalue weighted by Gasteiger charge is 2.32. The molecule has 104 valence electrons. The minimum absolute atomic E-state index is 0.404. The number of methoxy groups -OCH3 is 1. The first-order valence-electron chi connectivity index (χ1n) is 6.92. The quantitative estimate of drug-likeness (QED) is 0.749. The van der Waals surface area contributed by atoms with E-state index < -0.39 is 0 Å². The van der Waals surface area contributed by atoms with Crippen LogP contribution < -0.4 is 10.1 Å². The van der Waals surface area contributed by atoms with Crippen LogP contribution in [0.25, 0.3) is 0 Å². The van der Waals surface area contributed by atoms with Crippen molar-refractivity contribution in [2.24, 2.45) is 5.92 Å². The van der Waals surface area contributed by atoms with Crippen molar-refractivity contribution in [3.63, 3.8) is 0 Å². The van der Waals surface area contributed by atoms with Crippen molar-refractivity contribution in [2.45, 2.75) is 18.9 Å². The molecule has 0 saturated heterocycles. The molecular formula is C17H18INO. The molecule has 1 atom stereocenters. The van der Waals surface area contributed by atoms with Crippen molar-refractivity contribution in [2.75, 3.05) is 12.4 Å². The van der Waals surface area contributed by atoms with Crippen molar-refractivity contribution in [1.82, 2.24) is 0 Å². The van der Waals surface area contributed by atoms with Gasteiger partial charge in [-0.1, -0.05) is 12.1 Å². The summed E-state index contributed by atoms with van der Waals surface area (Å²) in [4.78, 5) is 0. The van der Waals surface area contributed by atoms with E-state index in [2.05, 4.69) is 64.3 Å². The van der Waals surface area contributed by atoms with Gasteiger partial charge in [-0.05, 0) is 83.3 Å². The molecule has 1 aliphatic carbocycles. The molecule has 20 heavy (non-hydrogen) atoms. The van der Waals surface area contributed by atoms with Gasteiger partial charge in [0, 0.05) is 9.26 Å². The smallest absolute Gasteiger partial charge is 0.118 e. The number of hydrogen-bond acceptors (Lipinski definition) is 2. The minimum Gasteiger partial charge on any atom is -0.497 e. The number of ether oxygens (including phenoxy) is 1. The first-order valence-corrected chi connectivity index (χ1v) is 8.00. The normalized spacial score (nSPS) is 15.7. The second-order valence-corrected chi connectivity index (χ2v) is 6.49. The third-order valence-electron chi connectivity index (χ3n) is 3.73. The molecule has 2 aromatic rings. The van der Waals surface area contributed by atoms with Gasteiger partial charge in [0.25, 0.3) is 0 Å². The number of hydrogen-bond donors (Lipinski definition) is 1. The molecule has 1 aliphatic rings. The van der Waals surface area contributed by atoms with Crippen LogP contribution in [-0.4, -0.2) is 7.11 Å². The van der Waals surface area contributed by atoms with E-state index in [-0.39, 0.29) is 0 Å². The average Bonchev–Trinajstić information content (AvgIpc) is 3.31. The van der Waals surface area contributed by atoms with E-state index in [0.29, 0.717) is 6.04 Å². The van der Waals surface area contributed by atoms with Crippen molar-refractivity contribution in [1.29, 1.82) is 0 Å². The molecule has 0 heterocycles.